The molecule has 5 rings (SSSR count). The molecule has 1 aromatic rings. The van der Waals surface area contributed by atoms with E-state index in [1.54, 1.807) is 38.5 Å². The number of benzene rings is 1. The summed E-state index contributed by atoms with van der Waals surface area (Å²) in [5.74, 6) is 4.64. The Morgan fingerprint density at radius 1 is 0.950 bits per heavy atom. The van der Waals surface area contributed by atoms with Crippen LogP contribution in [0.3, 0.4) is 0 Å². The third-order valence-corrected chi connectivity index (χ3v) is 7.10. The van der Waals surface area contributed by atoms with Crippen LogP contribution in [0, 0.1) is 30.1 Å². The van der Waals surface area contributed by atoms with Gasteiger partial charge in [-0.15, -0.1) is 11.8 Å². The number of hydrogen-bond donors (Lipinski definition) is 0. The summed E-state index contributed by atoms with van der Waals surface area (Å²) in [6.07, 6.45) is 10.9. The fraction of sp³-hybridized carbons (Fsp3) is 0.684. The topological polar surface area (TPSA) is 0 Å². The molecule has 0 aromatic heterocycles. The Balaban J connectivity index is 1.36. The molecule has 0 atom stereocenters. The van der Waals surface area contributed by atoms with Crippen LogP contribution in [0.1, 0.15) is 50.5 Å². The molecule has 20 heavy (non-hydrogen) atoms. The van der Waals surface area contributed by atoms with Crippen LogP contribution < -0.4 is 0 Å². The highest BCUT2D eigenvalue weighted by atomic mass is 32.2. The second-order valence-corrected chi connectivity index (χ2v) is 9.00. The summed E-state index contributed by atoms with van der Waals surface area (Å²) in [4.78, 5) is 1.46. The maximum absolute atomic E-state index is 2.29. The van der Waals surface area contributed by atoms with Gasteiger partial charge >= 0.3 is 0 Å². The van der Waals surface area contributed by atoms with Crippen molar-refractivity contribution in [3.63, 3.8) is 0 Å². The van der Waals surface area contributed by atoms with E-state index in [0.717, 1.165) is 23.2 Å². The number of hydrogen-bond acceptors (Lipinski definition) is 1. The first-order valence-electron chi connectivity index (χ1n) is 8.40. The van der Waals surface area contributed by atoms with Gasteiger partial charge in [0.15, 0.2) is 0 Å². The van der Waals surface area contributed by atoms with E-state index < -0.39 is 0 Å². The molecule has 4 saturated carbocycles. The summed E-state index contributed by atoms with van der Waals surface area (Å²) in [6.45, 7) is 2.17. The molecule has 0 heterocycles. The maximum Gasteiger partial charge on any atom is 0.00721 e. The van der Waals surface area contributed by atoms with Crippen molar-refractivity contribution >= 4 is 11.8 Å². The molecule has 0 radical (unpaired) electrons. The summed E-state index contributed by atoms with van der Waals surface area (Å²) in [6, 6.07) is 9.07. The van der Waals surface area contributed by atoms with Crippen molar-refractivity contribution in [3.8, 4) is 0 Å². The first-order chi connectivity index (χ1) is 9.71. The van der Waals surface area contributed by atoms with Crippen LogP contribution in [0.25, 0.3) is 0 Å². The fourth-order valence-electron chi connectivity index (χ4n) is 5.62. The summed E-state index contributed by atoms with van der Waals surface area (Å²) in [5.41, 5.74) is 2.13. The smallest absolute Gasteiger partial charge is 0.00721 e. The van der Waals surface area contributed by atoms with Crippen molar-refractivity contribution in [2.75, 3.05) is 5.75 Å². The van der Waals surface area contributed by atoms with E-state index in [-0.39, 0.29) is 0 Å². The molecule has 0 N–H and O–H groups in total. The van der Waals surface area contributed by atoms with Crippen molar-refractivity contribution < 1.29 is 0 Å². The summed E-state index contributed by atoms with van der Waals surface area (Å²) >= 11 is 2.08. The van der Waals surface area contributed by atoms with E-state index in [4.69, 9.17) is 0 Å². The number of rotatable bonds is 4. The van der Waals surface area contributed by atoms with Gasteiger partial charge in [-0.05, 0) is 92.9 Å². The standard InChI is InChI=1S/C19H26S/c1-14-2-4-18(5-3-14)20-7-6-19-11-15-8-16(12-19)10-17(9-15)13-19/h2-5,15-17H,6-13H2,1H3. The van der Waals surface area contributed by atoms with Crippen LogP contribution in [0.15, 0.2) is 29.2 Å². The minimum Gasteiger partial charge on any atom is -0.126 e. The lowest BCUT2D eigenvalue weighted by molar-refractivity contribution is -0.0538. The molecule has 1 heteroatoms. The van der Waals surface area contributed by atoms with Gasteiger partial charge < -0.3 is 0 Å². The molecule has 108 valence electrons. The van der Waals surface area contributed by atoms with Gasteiger partial charge in [0.05, 0.1) is 0 Å². The summed E-state index contributed by atoms with van der Waals surface area (Å²) in [5, 5.41) is 0. The summed E-state index contributed by atoms with van der Waals surface area (Å²) in [7, 11) is 0. The highest BCUT2D eigenvalue weighted by molar-refractivity contribution is 7.99. The first-order valence-corrected chi connectivity index (χ1v) is 9.39. The Kier molecular flexibility index (Phi) is 3.37. The molecule has 4 fully saturated rings. The molecule has 0 saturated heterocycles. The van der Waals surface area contributed by atoms with Crippen LogP contribution in [-0.4, -0.2) is 5.75 Å². The maximum atomic E-state index is 2.29. The zero-order chi connectivity index (χ0) is 13.6. The lowest BCUT2D eigenvalue weighted by Gasteiger charge is -2.57. The molecule has 4 bridgehead atoms. The van der Waals surface area contributed by atoms with Crippen LogP contribution in [-0.2, 0) is 0 Å². The molecular weight excluding hydrogens is 260 g/mol. The zero-order valence-electron chi connectivity index (χ0n) is 12.6. The average molecular weight is 286 g/mol. The molecule has 4 aliphatic carbocycles. The highest BCUT2D eigenvalue weighted by Crippen LogP contribution is 2.61. The van der Waals surface area contributed by atoms with Crippen LogP contribution in [0.5, 0.6) is 0 Å². The third-order valence-electron chi connectivity index (χ3n) is 6.09. The van der Waals surface area contributed by atoms with Crippen molar-refractivity contribution in [1.82, 2.24) is 0 Å². The van der Waals surface area contributed by atoms with E-state index in [2.05, 4.69) is 43.0 Å². The largest absolute Gasteiger partial charge is 0.126 e. The fourth-order valence-corrected chi connectivity index (χ4v) is 6.72. The Bertz CT molecular complexity index is 438. The van der Waals surface area contributed by atoms with Gasteiger partial charge in [-0.3, -0.25) is 0 Å². The number of aryl methyl sites for hydroxylation is 1. The van der Waals surface area contributed by atoms with Crippen LogP contribution in [0.2, 0.25) is 0 Å². The lowest BCUT2D eigenvalue weighted by atomic mass is 9.49. The van der Waals surface area contributed by atoms with Gasteiger partial charge in [0.1, 0.15) is 0 Å². The van der Waals surface area contributed by atoms with E-state index in [9.17, 15) is 0 Å². The van der Waals surface area contributed by atoms with Gasteiger partial charge in [-0.25, -0.2) is 0 Å². The van der Waals surface area contributed by atoms with Crippen molar-refractivity contribution in [2.45, 2.75) is 56.8 Å². The lowest BCUT2D eigenvalue weighted by Crippen LogP contribution is -2.46. The van der Waals surface area contributed by atoms with Gasteiger partial charge in [0, 0.05) is 4.90 Å². The predicted octanol–water partition coefficient (Wildman–Crippen LogP) is 5.69. The summed E-state index contributed by atoms with van der Waals surface area (Å²) < 4.78 is 0. The molecular formula is C19H26S. The van der Waals surface area contributed by atoms with Gasteiger partial charge in [-0.2, -0.15) is 0 Å². The van der Waals surface area contributed by atoms with E-state index in [1.165, 1.54) is 22.6 Å². The predicted molar refractivity (Wildman–Crippen MR) is 87.1 cm³/mol. The molecule has 0 unspecified atom stereocenters. The number of thioether (sulfide) groups is 1. The van der Waals surface area contributed by atoms with E-state index in [1.807, 2.05) is 0 Å². The molecule has 0 nitrogen and oxygen atoms in total. The van der Waals surface area contributed by atoms with Gasteiger partial charge in [0.25, 0.3) is 0 Å². The SMILES string of the molecule is Cc1ccc(SCCC23CC4CC(CC(C4)C2)C3)cc1. The molecule has 0 amide bonds. The van der Waals surface area contributed by atoms with Gasteiger partial charge in [0.2, 0.25) is 0 Å². The Labute approximate surface area is 127 Å². The Hall–Kier alpha value is -0.430. The first kappa shape index (κ1) is 13.2. The molecule has 4 aliphatic rings. The third kappa shape index (κ3) is 2.54. The van der Waals surface area contributed by atoms with Crippen LogP contribution in [0.4, 0.5) is 0 Å². The average Bonchev–Trinajstić information content (AvgIpc) is 2.39. The normalized spacial score (nSPS) is 38.4. The minimum absolute atomic E-state index is 0.756. The minimum atomic E-state index is 0.756. The van der Waals surface area contributed by atoms with Gasteiger partial charge in [-0.1, -0.05) is 17.7 Å². The van der Waals surface area contributed by atoms with E-state index >= 15 is 0 Å². The molecule has 0 aliphatic heterocycles. The Morgan fingerprint density at radius 2 is 1.50 bits per heavy atom. The van der Waals surface area contributed by atoms with Crippen molar-refractivity contribution in [1.29, 1.82) is 0 Å². The quantitative estimate of drug-likeness (QED) is 0.640. The zero-order valence-corrected chi connectivity index (χ0v) is 13.4. The van der Waals surface area contributed by atoms with Crippen LogP contribution >= 0.6 is 11.8 Å². The van der Waals surface area contributed by atoms with E-state index in [0.29, 0.717) is 0 Å². The van der Waals surface area contributed by atoms with Crippen molar-refractivity contribution in [2.24, 2.45) is 23.2 Å². The second kappa shape index (κ2) is 5.09. The highest BCUT2D eigenvalue weighted by Gasteiger charge is 2.50. The molecule has 0 spiro atoms. The Morgan fingerprint density at radius 3 is 2.05 bits per heavy atom. The van der Waals surface area contributed by atoms with Crippen molar-refractivity contribution in [3.05, 3.63) is 29.8 Å². The monoisotopic (exact) mass is 286 g/mol. The molecule has 1 aromatic carbocycles. The second-order valence-electron chi connectivity index (χ2n) is 7.83.